The summed E-state index contributed by atoms with van der Waals surface area (Å²) in [5.74, 6) is -0.672. The van der Waals surface area contributed by atoms with Crippen LogP contribution in [0.3, 0.4) is 0 Å². The number of ether oxygens (including phenoxy) is 1. The molecule has 2 aromatic carbocycles. The molecule has 0 aliphatic carbocycles. The molecule has 0 aromatic heterocycles. The average molecular weight is 455 g/mol. The molecule has 30 heavy (non-hydrogen) atoms. The van der Waals surface area contributed by atoms with Crippen molar-refractivity contribution < 1.29 is 18.7 Å². The highest BCUT2D eigenvalue weighted by molar-refractivity contribution is 6.42. The van der Waals surface area contributed by atoms with Gasteiger partial charge in [-0.25, -0.2) is 4.39 Å². The van der Waals surface area contributed by atoms with Gasteiger partial charge in [-0.2, -0.15) is 0 Å². The molecule has 162 valence electrons. The molecule has 2 amide bonds. The van der Waals surface area contributed by atoms with Gasteiger partial charge in [-0.15, -0.1) is 0 Å². The fraction of sp³-hybridized carbons (Fsp3) is 0.364. The van der Waals surface area contributed by atoms with Gasteiger partial charge >= 0.3 is 0 Å². The number of carbonyl (C=O) groups excluding carboxylic acids is 2. The lowest BCUT2D eigenvalue weighted by Gasteiger charge is -2.29. The van der Waals surface area contributed by atoms with Crippen molar-refractivity contribution in [3.63, 3.8) is 0 Å². The minimum absolute atomic E-state index is 0.158. The van der Waals surface area contributed by atoms with Crippen LogP contribution in [0.2, 0.25) is 10.0 Å². The van der Waals surface area contributed by atoms with E-state index in [1.54, 1.807) is 25.1 Å². The van der Waals surface area contributed by atoms with Gasteiger partial charge in [0.05, 0.1) is 10.0 Å². The number of carbonyl (C=O) groups is 2. The van der Waals surface area contributed by atoms with Gasteiger partial charge < -0.3 is 15.0 Å². The molecule has 0 saturated carbocycles. The Balaban J connectivity index is 2.13. The third-order valence-electron chi connectivity index (χ3n) is 4.51. The van der Waals surface area contributed by atoms with E-state index in [2.05, 4.69) is 5.32 Å². The van der Waals surface area contributed by atoms with Gasteiger partial charge in [-0.1, -0.05) is 42.6 Å². The normalized spacial score (nSPS) is 11.6. The molecule has 5 nitrogen and oxygen atoms in total. The molecular weight excluding hydrogens is 430 g/mol. The predicted octanol–water partition coefficient (Wildman–Crippen LogP) is 4.84. The van der Waals surface area contributed by atoms with Crippen LogP contribution in [-0.4, -0.2) is 35.9 Å². The number of unbranched alkanes of at least 4 members (excludes halogenated alkanes) is 1. The highest BCUT2D eigenvalue weighted by Gasteiger charge is 2.26. The smallest absolute Gasteiger partial charge is 0.261 e. The summed E-state index contributed by atoms with van der Waals surface area (Å²) < 4.78 is 18.5. The maximum Gasteiger partial charge on any atom is 0.261 e. The predicted molar refractivity (Wildman–Crippen MR) is 116 cm³/mol. The molecule has 0 aliphatic heterocycles. The van der Waals surface area contributed by atoms with Gasteiger partial charge in [0.25, 0.3) is 5.91 Å². The van der Waals surface area contributed by atoms with Crippen LogP contribution in [-0.2, 0) is 16.1 Å². The monoisotopic (exact) mass is 454 g/mol. The van der Waals surface area contributed by atoms with E-state index in [4.69, 9.17) is 27.9 Å². The quantitative estimate of drug-likeness (QED) is 0.522. The molecule has 0 bridgehead atoms. The van der Waals surface area contributed by atoms with Gasteiger partial charge in [0.1, 0.15) is 17.6 Å². The van der Waals surface area contributed by atoms with Gasteiger partial charge in [0, 0.05) is 13.1 Å². The second-order valence-electron chi connectivity index (χ2n) is 6.83. The second kappa shape index (κ2) is 11.8. The first kappa shape index (κ1) is 24.0. The zero-order valence-corrected chi connectivity index (χ0v) is 18.5. The second-order valence-corrected chi connectivity index (χ2v) is 7.65. The third-order valence-corrected chi connectivity index (χ3v) is 5.25. The van der Waals surface area contributed by atoms with E-state index in [1.807, 2.05) is 6.92 Å². The van der Waals surface area contributed by atoms with Crippen LogP contribution in [0.25, 0.3) is 0 Å². The van der Waals surface area contributed by atoms with Crippen molar-refractivity contribution >= 4 is 35.0 Å². The lowest BCUT2D eigenvalue weighted by atomic mass is 10.1. The summed E-state index contributed by atoms with van der Waals surface area (Å²) in [6.45, 7) is 4.10. The van der Waals surface area contributed by atoms with E-state index in [0.717, 1.165) is 18.4 Å². The highest BCUT2D eigenvalue weighted by atomic mass is 35.5. The molecule has 1 atom stereocenters. The van der Waals surface area contributed by atoms with Crippen molar-refractivity contribution in [1.29, 1.82) is 0 Å². The van der Waals surface area contributed by atoms with Crippen LogP contribution in [0.1, 0.15) is 32.3 Å². The summed E-state index contributed by atoms with van der Waals surface area (Å²) in [6, 6.07) is 9.70. The molecule has 0 unspecified atom stereocenters. The Labute approximate surface area is 186 Å². The van der Waals surface area contributed by atoms with E-state index in [1.165, 1.54) is 29.2 Å². The first-order valence-corrected chi connectivity index (χ1v) is 10.5. The first-order chi connectivity index (χ1) is 14.3. The number of nitrogens with one attached hydrogen (secondary N) is 1. The summed E-state index contributed by atoms with van der Waals surface area (Å²) >= 11 is 12.1. The van der Waals surface area contributed by atoms with Gasteiger partial charge in [-0.05, 0) is 55.3 Å². The number of amides is 2. The molecule has 0 saturated heterocycles. The fourth-order valence-corrected chi connectivity index (χ4v) is 3.03. The largest absolute Gasteiger partial charge is 0.484 e. The van der Waals surface area contributed by atoms with Crippen molar-refractivity contribution in [2.45, 2.75) is 39.3 Å². The molecule has 1 N–H and O–H groups in total. The molecule has 0 radical (unpaired) electrons. The Kier molecular flexibility index (Phi) is 9.40. The van der Waals surface area contributed by atoms with Gasteiger partial charge in [-0.3, -0.25) is 9.59 Å². The number of hydrogen-bond acceptors (Lipinski definition) is 3. The number of nitrogens with zero attached hydrogens (tertiary/aromatic N) is 1. The molecule has 0 spiro atoms. The lowest BCUT2D eigenvalue weighted by molar-refractivity contribution is -0.142. The molecule has 2 aromatic rings. The SMILES string of the molecule is CCCCNC(=O)[C@@H](C)N(Cc1ccc(Cl)c(Cl)c1)C(=O)COc1ccc(F)cc1. The van der Waals surface area contributed by atoms with Crippen LogP contribution in [0.5, 0.6) is 5.75 Å². The van der Waals surface area contributed by atoms with E-state index in [-0.39, 0.29) is 25.0 Å². The zero-order chi connectivity index (χ0) is 22.1. The minimum Gasteiger partial charge on any atom is -0.484 e. The zero-order valence-electron chi connectivity index (χ0n) is 17.0. The van der Waals surface area contributed by atoms with Crippen LogP contribution in [0.4, 0.5) is 4.39 Å². The Hall–Kier alpha value is -2.31. The Bertz CT molecular complexity index is 862. The molecule has 8 heteroatoms. The van der Waals surface area contributed by atoms with Crippen LogP contribution < -0.4 is 10.1 Å². The maximum atomic E-state index is 13.0. The van der Waals surface area contributed by atoms with Gasteiger partial charge in [0.2, 0.25) is 5.91 Å². The van der Waals surface area contributed by atoms with E-state index in [9.17, 15) is 14.0 Å². The molecule has 0 heterocycles. The standard InChI is InChI=1S/C22H25Cl2FN2O3/c1-3-4-11-26-22(29)15(2)27(13-16-5-10-19(23)20(24)12-16)21(28)14-30-18-8-6-17(25)7-9-18/h5-10,12,15H,3-4,11,13-14H2,1-2H3,(H,26,29)/t15-/m1/s1. The molecule has 2 rings (SSSR count). The number of halogens is 3. The Morgan fingerprint density at radius 3 is 2.47 bits per heavy atom. The molecule has 0 fully saturated rings. The Morgan fingerprint density at radius 2 is 1.83 bits per heavy atom. The fourth-order valence-electron chi connectivity index (χ4n) is 2.71. The van der Waals surface area contributed by atoms with Crippen molar-refractivity contribution in [3.05, 3.63) is 63.9 Å². The summed E-state index contributed by atoms with van der Waals surface area (Å²) in [5, 5.41) is 3.61. The van der Waals surface area contributed by atoms with Crippen LogP contribution in [0, 0.1) is 5.82 Å². The van der Waals surface area contributed by atoms with Crippen molar-refractivity contribution in [2.24, 2.45) is 0 Å². The summed E-state index contributed by atoms with van der Waals surface area (Å²) in [4.78, 5) is 26.9. The van der Waals surface area contributed by atoms with Crippen molar-refractivity contribution in [1.82, 2.24) is 10.2 Å². The van der Waals surface area contributed by atoms with Crippen molar-refractivity contribution in [3.8, 4) is 5.75 Å². The number of benzene rings is 2. The summed E-state index contributed by atoms with van der Waals surface area (Å²) in [7, 11) is 0. The number of rotatable bonds is 10. The Morgan fingerprint density at radius 1 is 1.13 bits per heavy atom. The topological polar surface area (TPSA) is 58.6 Å². The highest BCUT2D eigenvalue weighted by Crippen LogP contribution is 2.24. The van der Waals surface area contributed by atoms with E-state index < -0.39 is 11.9 Å². The molecule has 0 aliphatic rings. The molecular formula is C22H25Cl2FN2O3. The summed E-state index contributed by atoms with van der Waals surface area (Å²) in [5.41, 5.74) is 0.729. The van der Waals surface area contributed by atoms with Crippen molar-refractivity contribution in [2.75, 3.05) is 13.2 Å². The first-order valence-electron chi connectivity index (χ1n) is 9.71. The van der Waals surface area contributed by atoms with E-state index >= 15 is 0 Å². The summed E-state index contributed by atoms with van der Waals surface area (Å²) in [6.07, 6.45) is 1.80. The lowest BCUT2D eigenvalue weighted by Crippen LogP contribution is -2.49. The van der Waals surface area contributed by atoms with Crippen LogP contribution in [0.15, 0.2) is 42.5 Å². The maximum absolute atomic E-state index is 13.0. The average Bonchev–Trinajstić information content (AvgIpc) is 2.73. The van der Waals surface area contributed by atoms with Crippen LogP contribution >= 0.6 is 23.2 Å². The minimum atomic E-state index is -0.722. The van der Waals surface area contributed by atoms with E-state index in [0.29, 0.717) is 22.3 Å². The third kappa shape index (κ3) is 7.18. The van der Waals surface area contributed by atoms with Gasteiger partial charge in [0.15, 0.2) is 6.61 Å². The number of hydrogen-bond donors (Lipinski definition) is 1.